The van der Waals surface area contributed by atoms with Gasteiger partial charge in [-0.1, -0.05) is 20.3 Å². The molecule has 5 unspecified atom stereocenters. The number of carbonyl (C=O) groups is 4. The first kappa shape index (κ1) is 26.9. The summed E-state index contributed by atoms with van der Waals surface area (Å²) in [5, 5.41) is 14.9. The molecule has 3 amide bonds. The van der Waals surface area contributed by atoms with E-state index in [1.54, 1.807) is 6.20 Å². The lowest BCUT2D eigenvalue weighted by Gasteiger charge is -2.32. The molecule has 5 atom stereocenters. The Labute approximate surface area is 208 Å². The third-order valence-corrected chi connectivity index (χ3v) is 6.54. The second kappa shape index (κ2) is 12.3. The van der Waals surface area contributed by atoms with Crippen molar-refractivity contribution >= 4 is 23.7 Å². The van der Waals surface area contributed by atoms with Crippen LogP contribution >= 0.6 is 0 Å². The first-order valence-electron chi connectivity index (χ1n) is 12.0. The second-order valence-corrected chi connectivity index (χ2v) is 9.13. The number of aromatic amines is 2. The Morgan fingerprint density at radius 1 is 1.14 bits per heavy atom. The van der Waals surface area contributed by atoms with E-state index in [1.807, 2.05) is 13.8 Å². The Hall–Kier alpha value is -3.74. The normalized spacial score (nSPS) is 18.8. The topological polar surface area (TPSA) is 199 Å². The number of imidazole rings is 2. The average molecular weight is 503 g/mol. The van der Waals surface area contributed by atoms with Gasteiger partial charge >= 0.3 is 5.97 Å². The van der Waals surface area contributed by atoms with Crippen LogP contribution in [0.3, 0.4) is 0 Å². The van der Waals surface area contributed by atoms with Crippen LogP contribution in [0.2, 0.25) is 0 Å². The van der Waals surface area contributed by atoms with E-state index < -0.39 is 42.0 Å². The average Bonchev–Trinajstić information content (AvgIpc) is 3.63. The lowest BCUT2D eigenvalue weighted by molar-refractivity contribution is -0.145. The molecule has 13 nitrogen and oxygen atoms in total. The number of amides is 3. The number of hydrogen-bond acceptors (Lipinski definition) is 7. The van der Waals surface area contributed by atoms with E-state index in [0.29, 0.717) is 37.2 Å². The van der Waals surface area contributed by atoms with Crippen molar-refractivity contribution in [3.63, 3.8) is 0 Å². The third-order valence-electron chi connectivity index (χ3n) is 6.54. The number of hydrogen-bond donors (Lipinski definition) is 6. The number of nitrogens with zero attached hydrogens (tertiary/aromatic N) is 3. The lowest BCUT2D eigenvalue weighted by atomic mass is 9.96. The molecule has 0 bridgehead atoms. The van der Waals surface area contributed by atoms with Gasteiger partial charge in [-0.2, -0.15) is 0 Å². The van der Waals surface area contributed by atoms with Crippen LogP contribution in [0.5, 0.6) is 0 Å². The van der Waals surface area contributed by atoms with E-state index >= 15 is 0 Å². The summed E-state index contributed by atoms with van der Waals surface area (Å²) < 4.78 is 0. The van der Waals surface area contributed by atoms with Crippen LogP contribution in [0.4, 0.5) is 0 Å². The zero-order valence-electron chi connectivity index (χ0n) is 20.4. The maximum absolute atomic E-state index is 13.6. The summed E-state index contributed by atoms with van der Waals surface area (Å²) in [5.74, 6) is -2.81. The van der Waals surface area contributed by atoms with E-state index in [4.69, 9.17) is 5.73 Å². The van der Waals surface area contributed by atoms with E-state index in [-0.39, 0.29) is 24.7 Å². The molecule has 1 fully saturated rings. The summed E-state index contributed by atoms with van der Waals surface area (Å²) in [6, 6.07) is -3.77. The van der Waals surface area contributed by atoms with E-state index in [9.17, 15) is 24.3 Å². The van der Waals surface area contributed by atoms with Crippen LogP contribution in [-0.2, 0) is 32.0 Å². The molecule has 7 N–H and O–H groups in total. The molecule has 3 rings (SSSR count). The molecule has 0 spiro atoms. The summed E-state index contributed by atoms with van der Waals surface area (Å²) >= 11 is 0. The van der Waals surface area contributed by atoms with Gasteiger partial charge in [0.15, 0.2) is 0 Å². The number of carboxylic acid groups (broad SMARTS) is 1. The Morgan fingerprint density at radius 2 is 1.78 bits per heavy atom. The first-order valence-corrected chi connectivity index (χ1v) is 12.0. The number of nitrogens with two attached hydrogens (primary N) is 1. The maximum atomic E-state index is 13.6. The van der Waals surface area contributed by atoms with Gasteiger partial charge in [-0.15, -0.1) is 0 Å². The van der Waals surface area contributed by atoms with Crippen molar-refractivity contribution in [2.45, 2.75) is 70.1 Å². The predicted molar refractivity (Wildman–Crippen MR) is 128 cm³/mol. The quantitative estimate of drug-likeness (QED) is 0.219. The van der Waals surface area contributed by atoms with Crippen LogP contribution in [-0.4, -0.2) is 84.3 Å². The van der Waals surface area contributed by atoms with Gasteiger partial charge in [0.25, 0.3) is 0 Å². The zero-order valence-corrected chi connectivity index (χ0v) is 20.4. The third kappa shape index (κ3) is 6.68. The highest BCUT2D eigenvalue weighted by atomic mass is 16.4. The van der Waals surface area contributed by atoms with Gasteiger partial charge in [-0.25, -0.2) is 14.8 Å². The van der Waals surface area contributed by atoms with Gasteiger partial charge in [-0.05, 0) is 18.8 Å². The first-order chi connectivity index (χ1) is 17.2. The summed E-state index contributed by atoms with van der Waals surface area (Å²) in [4.78, 5) is 66.1. The van der Waals surface area contributed by atoms with Crippen molar-refractivity contribution in [2.24, 2.45) is 11.7 Å². The smallest absolute Gasteiger partial charge is 0.326 e. The molecule has 36 heavy (non-hydrogen) atoms. The number of carboxylic acids is 1. The largest absolute Gasteiger partial charge is 0.480 e. The van der Waals surface area contributed by atoms with Crippen LogP contribution in [0, 0.1) is 5.92 Å². The van der Waals surface area contributed by atoms with Crippen molar-refractivity contribution in [1.29, 1.82) is 0 Å². The maximum Gasteiger partial charge on any atom is 0.326 e. The summed E-state index contributed by atoms with van der Waals surface area (Å²) in [6.07, 6.45) is 7.85. The number of likely N-dealkylation sites (tertiary alicyclic amines) is 1. The molecule has 0 saturated carbocycles. The van der Waals surface area contributed by atoms with Crippen LogP contribution in [0.25, 0.3) is 0 Å². The molecule has 196 valence electrons. The Bertz CT molecular complexity index is 1030. The van der Waals surface area contributed by atoms with Gasteiger partial charge < -0.3 is 36.3 Å². The summed E-state index contributed by atoms with van der Waals surface area (Å²) in [5.41, 5.74) is 7.32. The number of carbonyl (C=O) groups excluding carboxylic acids is 3. The van der Waals surface area contributed by atoms with Crippen LogP contribution in [0.15, 0.2) is 25.0 Å². The molecule has 1 saturated heterocycles. The number of aliphatic carboxylic acids is 1. The summed E-state index contributed by atoms with van der Waals surface area (Å²) in [7, 11) is 0. The molecule has 1 aliphatic heterocycles. The van der Waals surface area contributed by atoms with E-state index in [2.05, 4.69) is 30.6 Å². The molecule has 0 aliphatic carbocycles. The van der Waals surface area contributed by atoms with Gasteiger partial charge in [0.05, 0.1) is 18.7 Å². The highest BCUT2D eigenvalue weighted by Gasteiger charge is 2.40. The molecular weight excluding hydrogens is 468 g/mol. The Morgan fingerprint density at radius 3 is 2.33 bits per heavy atom. The van der Waals surface area contributed by atoms with Crippen molar-refractivity contribution < 1.29 is 24.3 Å². The monoisotopic (exact) mass is 502 g/mol. The van der Waals surface area contributed by atoms with Crippen LogP contribution < -0.4 is 16.4 Å². The van der Waals surface area contributed by atoms with E-state index in [0.717, 1.165) is 0 Å². The molecule has 0 radical (unpaired) electrons. The molecule has 13 heteroatoms. The molecule has 1 aliphatic rings. The predicted octanol–water partition coefficient (Wildman–Crippen LogP) is -0.663. The number of aromatic nitrogens is 4. The van der Waals surface area contributed by atoms with Gasteiger partial charge in [-0.3, -0.25) is 14.4 Å². The minimum Gasteiger partial charge on any atom is -0.480 e. The van der Waals surface area contributed by atoms with Crippen LogP contribution in [0.1, 0.15) is 44.5 Å². The van der Waals surface area contributed by atoms with Gasteiger partial charge in [0.1, 0.15) is 18.1 Å². The zero-order chi connectivity index (χ0) is 26.2. The standard InChI is InChI=1S/C23H34N8O5/c1-3-13(2)19(30-20(32)16(24)7-14-9-25-11-27-14)22(34)31-6-4-5-18(31)21(33)29-17(23(35)36)8-15-10-26-12-28-15/h9-13,16-19H,3-8,24H2,1-2H3,(H,25,27)(H,26,28)(H,29,33)(H,30,32)(H,35,36). The van der Waals surface area contributed by atoms with Crippen molar-refractivity contribution in [3.05, 3.63) is 36.4 Å². The number of rotatable bonds is 12. The molecule has 0 aromatic carbocycles. The fourth-order valence-electron chi connectivity index (χ4n) is 4.24. The fourth-order valence-corrected chi connectivity index (χ4v) is 4.24. The van der Waals surface area contributed by atoms with Gasteiger partial charge in [0, 0.05) is 43.2 Å². The minimum atomic E-state index is -1.19. The number of H-pyrrole nitrogens is 2. The Kier molecular flexibility index (Phi) is 9.17. The molecule has 2 aromatic heterocycles. The minimum absolute atomic E-state index is 0.0293. The molecular formula is C23H34N8O5. The lowest BCUT2D eigenvalue weighted by Crippen LogP contribution is -2.58. The van der Waals surface area contributed by atoms with Crippen molar-refractivity contribution in [3.8, 4) is 0 Å². The fraction of sp³-hybridized carbons (Fsp3) is 0.565. The summed E-state index contributed by atoms with van der Waals surface area (Å²) in [6.45, 7) is 4.08. The highest BCUT2D eigenvalue weighted by Crippen LogP contribution is 2.22. The highest BCUT2D eigenvalue weighted by molar-refractivity contribution is 5.94. The number of nitrogens with one attached hydrogen (secondary N) is 4. The van der Waals surface area contributed by atoms with E-state index in [1.165, 1.54) is 23.8 Å². The second-order valence-electron chi connectivity index (χ2n) is 9.13. The van der Waals surface area contributed by atoms with Gasteiger partial charge in [0.2, 0.25) is 17.7 Å². The Balaban J connectivity index is 1.68. The molecule has 2 aromatic rings. The van der Waals surface area contributed by atoms with Crippen molar-refractivity contribution in [2.75, 3.05) is 6.54 Å². The molecule has 3 heterocycles. The van der Waals surface area contributed by atoms with Crippen molar-refractivity contribution in [1.82, 2.24) is 35.5 Å². The SMILES string of the molecule is CCC(C)C(NC(=O)C(N)Cc1cnc[nH]1)C(=O)N1CCCC1C(=O)NC(Cc1cnc[nH]1)C(=O)O.